The average molecular weight is 579 g/mol. The minimum absolute atomic E-state index is 0.203. The Morgan fingerprint density at radius 3 is 1.77 bits per heavy atom. The van der Waals surface area contributed by atoms with Gasteiger partial charge < -0.3 is 0 Å². The van der Waals surface area contributed by atoms with Crippen LogP contribution in [-0.4, -0.2) is 32.9 Å². The zero-order valence-electron chi connectivity index (χ0n) is 22.6. The zero-order valence-corrected chi connectivity index (χ0v) is 23.4. The summed E-state index contributed by atoms with van der Waals surface area (Å²) < 4.78 is 31.6. The molecule has 9 heteroatoms. The molecule has 206 valence electrons. The lowest BCUT2D eigenvalue weighted by molar-refractivity contribution is 0.592. The van der Waals surface area contributed by atoms with E-state index in [9.17, 15) is 8.42 Å². The van der Waals surface area contributed by atoms with Crippen molar-refractivity contribution in [3.8, 4) is 39.9 Å². The lowest BCUT2D eigenvalue weighted by Crippen LogP contribution is -2.33. The Morgan fingerprint density at radius 2 is 1.07 bits per heavy atom. The van der Waals surface area contributed by atoms with E-state index in [1.807, 2.05) is 108 Å². The largest absolute Gasteiger partial charge is 0.276 e. The fraction of sp³-hybridized carbons (Fsp3) is 0. The van der Waals surface area contributed by atoms with Crippen LogP contribution >= 0.6 is 0 Å². The molecule has 1 aliphatic heterocycles. The maximum atomic E-state index is 14.2. The van der Waals surface area contributed by atoms with Crippen molar-refractivity contribution < 1.29 is 8.42 Å². The van der Waals surface area contributed by atoms with Gasteiger partial charge in [0.25, 0.3) is 10.0 Å². The first-order valence-electron chi connectivity index (χ1n) is 13.7. The van der Waals surface area contributed by atoms with Gasteiger partial charge >= 0.3 is 0 Å². The van der Waals surface area contributed by atoms with Crippen LogP contribution in [0.1, 0.15) is 0 Å². The fourth-order valence-corrected chi connectivity index (χ4v) is 7.02. The number of benzene rings is 5. The molecule has 0 spiro atoms. The van der Waals surface area contributed by atoms with E-state index < -0.39 is 10.0 Å². The van der Waals surface area contributed by atoms with Crippen molar-refractivity contribution in [1.29, 1.82) is 0 Å². The second kappa shape index (κ2) is 9.71. The summed E-state index contributed by atoms with van der Waals surface area (Å²) in [4.78, 5) is 19.4. The molecule has 8 nitrogen and oxygen atoms in total. The number of fused-ring (bicyclic) bond motifs is 5. The number of aromatic nitrogens is 5. The lowest BCUT2D eigenvalue weighted by Gasteiger charge is -2.30. The molecule has 7 aromatic rings. The monoisotopic (exact) mass is 578 g/mol. The van der Waals surface area contributed by atoms with Crippen molar-refractivity contribution in [3.63, 3.8) is 0 Å². The van der Waals surface area contributed by atoms with Crippen LogP contribution in [0.4, 0.5) is 11.6 Å². The van der Waals surface area contributed by atoms with Gasteiger partial charge in [-0.05, 0) is 36.4 Å². The summed E-state index contributed by atoms with van der Waals surface area (Å²) in [6.45, 7) is 0. The van der Waals surface area contributed by atoms with Crippen molar-refractivity contribution in [2.75, 3.05) is 4.31 Å². The van der Waals surface area contributed by atoms with E-state index in [0.29, 0.717) is 45.9 Å². The molecule has 5 aromatic carbocycles. The molecule has 0 radical (unpaired) electrons. The SMILES string of the molecule is O=S1(=O)c2ccccc2-n2c(nc3ccccc32)N1c1cccc(-c2nc(-c3ccccc3)nc(-c3ccccc3)n2)c1. The lowest BCUT2D eigenvalue weighted by atomic mass is 10.1. The van der Waals surface area contributed by atoms with Crippen LogP contribution in [0.2, 0.25) is 0 Å². The van der Waals surface area contributed by atoms with Crippen LogP contribution in [0.3, 0.4) is 0 Å². The van der Waals surface area contributed by atoms with Gasteiger partial charge in [-0.1, -0.05) is 97.1 Å². The van der Waals surface area contributed by atoms with Gasteiger partial charge in [0.1, 0.15) is 4.90 Å². The number of hydrogen-bond acceptors (Lipinski definition) is 6. The molecule has 0 unspecified atom stereocenters. The summed E-state index contributed by atoms with van der Waals surface area (Å²) in [6, 6.07) is 41.3. The Hall–Kier alpha value is -5.67. The van der Waals surface area contributed by atoms with Crippen LogP contribution < -0.4 is 4.31 Å². The highest BCUT2D eigenvalue weighted by Gasteiger charge is 2.38. The van der Waals surface area contributed by atoms with Gasteiger partial charge in [-0.3, -0.25) is 4.57 Å². The quantitative estimate of drug-likeness (QED) is 0.222. The molecular formula is C34H22N6O2S. The van der Waals surface area contributed by atoms with Crippen LogP contribution in [0, 0.1) is 0 Å². The molecule has 3 heterocycles. The van der Waals surface area contributed by atoms with Crippen molar-refractivity contribution >= 4 is 32.7 Å². The van der Waals surface area contributed by atoms with Gasteiger partial charge in [0.2, 0.25) is 5.95 Å². The molecule has 8 rings (SSSR count). The van der Waals surface area contributed by atoms with Gasteiger partial charge in [0, 0.05) is 16.7 Å². The fourth-order valence-electron chi connectivity index (χ4n) is 5.42. The van der Waals surface area contributed by atoms with Gasteiger partial charge in [0.05, 0.1) is 22.4 Å². The molecule has 0 bridgehead atoms. The molecule has 0 amide bonds. The number of anilines is 2. The molecule has 1 aliphatic rings. The standard InChI is InChI=1S/C34H22N6O2S/c41-43(42)30-21-10-9-20-29(30)39-28-19-8-7-18-27(28)35-34(39)40(43)26-17-11-16-25(22-26)33-37-31(23-12-3-1-4-13-23)36-32(38-33)24-14-5-2-6-15-24/h1-22H. The van der Waals surface area contributed by atoms with Crippen molar-refractivity contribution in [3.05, 3.63) is 133 Å². The summed E-state index contributed by atoms with van der Waals surface area (Å²) in [6.07, 6.45) is 0. The number of sulfonamides is 1. The van der Waals surface area contributed by atoms with Gasteiger partial charge in [-0.15, -0.1) is 0 Å². The van der Waals surface area contributed by atoms with Gasteiger partial charge in [-0.2, -0.15) is 0 Å². The zero-order chi connectivity index (χ0) is 29.0. The van der Waals surface area contributed by atoms with Gasteiger partial charge in [0.15, 0.2) is 17.5 Å². The molecule has 43 heavy (non-hydrogen) atoms. The molecule has 0 aliphatic carbocycles. The Labute approximate surface area is 247 Å². The van der Waals surface area contributed by atoms with E-state index in [2.05, 4.69) is 0 Å². The molecule has 0 atom stereocenters. The number of rotatable bonds is 4. The second-order valence-corrected chi connectivity index (χ2v) is 11.8. The summed E-state index contributed by atoms with van der Waals surface area (Å²) in [5, 5.41) is 0. The van der Waals surface area contributed by atoms with E-state index in [0.717, 1.165) is 16.6 Å². The van der Waals surface area contributed by atoms with E-state index in [-0.39, 0.29) is 4.90 Å². The number of hydrogen-bond donors (Lipinski definition) is 0. The van der Waals surface area contributed by atoms with E-state index >= 15 is 0 Å². The first-order valence-corrected chi connectivity index (χ1v) is 15.1. The topological polar surface area (TPSA) is 93.9 Å². The minimum atomic E-state index is -4.00. The first kappa shape index (κ1) is 25.1. The maximum absolute atomic E-state index is 14.2. The molecular weight excluding hydrogens is 556 g/mol. The van der Waals surface area contributed by atoms with Crippen molar-refractivity contribution in [1.82, 2.24) is 24.5 Å². The Bertz CT molecular complexity index is 2210. The van der Waals surface area contributed by atoms with Crippen LogP contribution in [0.15, 0.2) is 138 Å². The molecule has 0 N–H and O–H groups in total. The summed E-state index contributed by atoms with van der Waals surface area (Å²) in [5.74, 6) is 1.77. The molecule has 0 saturated carbocycles. The molecule has 0 saturated heterocycles. The van der Waals surface area contributed by atoms with Crippen molar-refractivity contribution in [2.24, 2.45) is 0 Å². The highest BCUT2D eigenvalue weighted by Crippen LogP contribution is 2.43. The predicted octanol–water partition coefficient (Wildman–Crippen LogP) is 7.05. The third-order valence-corrected chi connectivity index (χ3v) is 9.14. The second-order valence-electron chi connectivity index (χ2n) is 10.1. The van der Waals surface area contributed by atoms with Crippen LogP contribution in [0.25, 0.3) is 50.9 Å². The summed E-state index contributed by atoms with van der Waals surface area (Å²) in [7, 11) is -4.00. The number of para-hydroxylation sites is 3. The van der Waals surface area contributed by atoms with Crippen LogP contribution in [-0.2, 0) is 10.0 Å². The Balaban J connectivity index is 1.33. The highest BCUT2D eigenvalue weighted by atomic mass is 32.2. The summed E-state index contributed by atoms with van der Waals surface area (Å²) >= 11 is 0. The van der Waals surface area contributed by atoms with E-state index in [1.54, 1.807) is 30.3 Å². The minimum Gasteiger partial charge on any atom is -0.276 e. The smallest absolute Gasteiger partial charge is 0.273 e. The third-order valence-electron chi connectivity index (χ3n) is 7.39. The Kier molecular flexibility index (Phi) is 5.66. The Morgan fingerprint density at radius 1 is 0.512 bits per heavy atom. The number of imidazole rings is 1. The van der Waals surface area contributed by atoms with Gasteiger partial charge in [-0.25, -0.2) is 32.7 Å². The molecule has 0 fully saturated rings. The predicted molar refractivity (Wildman–Crippen MR) is 167 cm³/mol. The molecule has 2 aromatic heterocycles. The highest BCUT2D eigenvalue weighted by molar-refractivity contribution is 7.93. The average Bonchev–Trinajstić information content (AvgIpc) is 3.44. The van der Waals surface area contributed by atoms with Crippen molar-refractivity contribution in [2.45, 2.75) is 4.90 Å². The van der Waals surface area contributed by atoms with E-state index in [1.165, 1.54) is 4.31 Å². The maximum Gasteiger partial charge on any atom is 0.273 e. The summed E-state index contributed by atoms with van der Waals surface area (Å²) in [5.41, 5.74) is 4.85. The number of nitrogens with zero attached hydrogens (tertiary/aromatic N) is 6. The normalized spacial score (nSPS) is 13.4. The first-order chi connectivity index (χ1) is 21.1. The van der Waals surface area contributed by atoms with E-state index in [4.69, 9.17) is 19.9 Å². The third kappa shape index (κ3) is 4.09. The van der Waals surface area contributed by atoms with Crippen LogP contribution in [0.5, 0.6) is 0 Å².